The van der Waals surface area contributed by atoms with Crippen molar-refractivity contribution < 1.29 is 17.9 Å². The highest BCUT2D eigenvalue weighted by molar-refractivity contribution is 7.98. The molecule has 0 aliphatic rings. The molecule has 0 spiro atoms. The van der Waals surface area contributed by atoms with Crippen molar-refractivity contribution >= 4 is 23.8 Å². The van der Waals surface area contributed by atoms with E-state index in [9.17, 15) is 13.2 Å². The van der Waals surface area contributed by atoms with E-state index in [1.165, 1.54) is 30.0 Å². The summed E-state index contributed by atoms with van der Waals surface area (Å²) in [6.07, 6.45) is -1.66. The van der Waals surface area contributed by atoms with Crippen LogP contribution in [0.1, 0.15) is 12.6 Å². The summed E-state index contributed by atoms with van der Waals surface area (Å²) in [6, 6.07) is 4.37. The van der Waals surface area contributed by atoms with E-state index in [1.807, 2.05) is 0 Å². The molecule has 0 aliphatic carbocycles. The monoisotopic (exact) mass is 357 g/mol. The largest absolute Gasteiger partial charge is 0.573 e. The lowest BCUT2D eigenvalue weighted by molar-refractivity contribution is -0.274. The van der Waals surface area contributed by atoms with Crippen molar-refractivity contribution in [1.82, 2.24) is 15.2 Å². The quantitative estimate of drug-likeness (QED) is 0.811. The highest BCUT2D eigenvalue weighted by Crippen LogP contribution is 2.37. The molecule has 0 saturated heterocycles. The lowest BCUT2D eigenvalue weighted by atomic mass is 10.1. The second kappa shape index (κ2) is 6.95. The number of thioether (sulfide) groups is 1. The van der Waals surface area contributed by atoms with Gasteiger partial charge in [-0.3, -0.25) is 0 Å². The molecule has 24 heavy (non-hydrogen) atoms. The van der Waals surface area contributed by atoms with Crippen LogP contribution < -0.4 is 16.2 Å². The minimum Gasteiger partial charge on any atom is -0.405 e. The van der Waals surface area contributed by atoms with Gasteiger partial charge in [-0.1, -0.05) is 0 Å². The number of nitrogens with zero attached hydrogens (tertiary/aromatic N) is 3. The maximum absolute atomic E-state index is 12.7. The first-order valence-electron chi connectivity index (χ1n) is 6.57. The van der Waals surface area contributed by atoms with Gasteiger partial charge in [0.05, 0.1) is 5.69 Å². The Balaban J connectivity index is 2.66. The second-order valence-corrected chi connectivity index (χ2v) is 5.58. The standard InChI is InChI=1S/C14H14F3N5OS/c1-7(18)5-10-12(21-22-13(19)20-10)9-4-3-8(24-2)6-11(9)23-14(15,16)17/h3-6H,18H2,1-2H3,(H2,19,20,22). The Morgan fingerprint density at radius 1 is 1.29 bits per heavy atom. The Bertz CT molecular complexity index is 775. The normalized spacial score (nSPS) is 12.3. The molecular weight excluding hydrogens is 343 g/mol. The molecule has 0 saturated carbocycles. The molecule has 0 bridgehead atoms. The number of halogens is 3. The van der Waals surface area contributed by atoms with E-state index in [-0.39, 0.29) is 22.9 Å². The number of benzene rings is 1. The number of ether oxygens (including phenoxy) is 1. The number of nitrogen functional groups attached to an aromatic ring is 1. The van der Waals surface area contributed by atoms with Crippen LogP contribution >= 0.6 is 11.8 Å². The van der Waals surface area contributed by atoms with Gasteiger partial charge in [0.25, 0.3) is 0 Å². The Kier molecular flexibility index (Phi) is 5.17. The highest BCUT2D eigenvalue weighted by atomic mass is 32.2. The van der Waals surface area contributed by atoms with Crippen LogP contribution in [0, 0.1) is 0 Å². The summed E-state index contributed by atoms with van der Waals surface area (Å²) in [7, 11) is 0. The maximum Gasteiger partial charge on any atom is 0.573 e. The third-order valence-electron chi connectivity index (χ3n) is 2.76. The predicted molar refractivity (Wildman–Crippen MR) is 86.0 cm³/mol. The lowest BCUT2D eigenvalue weighted by Crippen LogP contribution is -2.18. The number of hydrogen-bond donors (Lipinski definition) is 2. The van der Waals surface area contributed by atoms with Gasteiger partial charge in [0.1, 0.15) is 11.4 Å². The zero-order chi connectivity index (χ0) is 17.9. The molecule has 1 aromatic heterocycles. The molecule has 6 nitrogen and oxygen atoms in total. The first-order chi connectivity index (χ1) is 11.2. The van der Waals surface area contributed by atoms with E-state index >= 15 is 0 Å². The molecule has 1 aromatic carbocycles. The summed E-state index contributed by atoms with van der Waals surface area (Å²) in [5.74, 6) is -0.523. The molecule has 2 aromatic rings. The minimum absolute atomic E-state index is 0.0811. The third-order valence-corrected chi connectivity index (χ3v) is 3.49. The van der Waals surface area contributed by atoms with Gasteiger partial charge in [-0.05, 0) is 37.5 Å². The van der Waals surface area contributed by atoms with E-state index in [2.05, 4.69) is 19.9 Å². The molecule has 0 radical (unpaired) electrons. The van der Waals surface area contributed by atoms with Crippen LogP contribution in [0.25, 0.3) is 17.3 Å². The van der Waals surface area contributed by atoms with Crippen LogP contribution in [0.5, 0.6) is 5.75 Å². The molecule has 0 aliphatic heterocycles. The number of anilines is 1. The maximum atomic E-state index is 12.7. The van der Waals surface area contributed by atoms with Gasteiger partial charge >= 0.3 is 6.36 Å². The Hall–Kier alpha value is -2.49. The molecule has 4 N–H and O–H groups in total. The van der Waals surface area contributed by atoms with Gasteiger partial charge in [0, 0.05) is 16.2 Å². The first kappa shape index (κ1) is 17.9. The van der Waals surface area contributed by atoms with Crippen LogP contribution in [-0.4, -0.2) is 27.8 Å². The summed E-state index contributed by atoms with van der Waals surface area (Å²) < 4.78 is 42.3. The van der Waals surface area contributed by atoms with E-state index in [1.54, 1.807) is 19.2 Å². The fourth-order valence-electron chi connectivity index (χ4n) is 1.89. The molecule has 1 heterocycles. The van der Waals surface area contributed by atoms with Gasteiger partial charge in [0.15, 0.2) is 0 Å². The topological polar surface area (TPSA) is 99.9 Å². The van der Waals surface area contributed by atoms with Crippen molar-refractivity contribution in [2.75, 3.05) is 12.0 Å². The molecule has 0 unspecified atom stereocenters. The second-order valence-electron chi connectivity index (χ2n) is 4.70. The van der Waals surface area contributed by atoms with E-state index < -0.39 is 12.1 Å². The Morgan fingerprint density at radius 3 is 2.58 bits per heavy atom. The lowest BCUT2D eigenvalue weighted by Gasteiger charge is -2.15. The Labute approximate surface area is 140 Å². The predicted octanol–water partition coefficient (Wildman–Crippen LogP) is 3.06. The van der Waals surface area contributed by atoms with E-state index in [0.29, 0.717) is 10.6 Å². The summed E-state index contributed by atoms with van der Waals surface area (Å²) >= 11 is 1.28. The fraction of sp³-hybridized carbons (Fsp3) is 0.214. The van der Waals surface area contributed by atoms with Crippen molar-refractivity contribution in [3.63, 3.8) is 0 Å². The molecule has 128 valence electrons. The average Bonchev–Trinajstić information content (AvgIpc) is 2.45. The van der Waals surface area contributed by atoms with Gasteiger partial charge in [-0.2, -0.15) is 0 Å². The minimum atomic E-state index is -4.85. The molecule has 0 atom stereocenters. The van der Waals surface area contributed by atoms with Crippen LogP contribution in [0.3, 0.4) is 0 Å². The third kappa shape index (κ3) is 4.51. The number of aromatic nitrogens is 3. The van der Waals surface area contributed by atoms with Crippen molar-refractivity contribution in [3.8, 4) is 17.0 Å². The molecular formula is C14H14F3N5OS. The molecule has 10 heteroatoms. The van der Waals surface area contributed by atoms with Crippen molar-refractivity contribution in [2.24, 2.45) is 5.73 Å². The number of nitrogens with two attached hydrogens (primary N) is 2. The summed E-state index contributed by atoms with van der Waals surface area (Å²) in [5.41, 5.74) is 11.9. The molecule has 0 fully saturated rings. The highest BCUT2D eigenvalue weighted by Gasteiger charge is 2.33. The van der Waals surface area contributed by atoms with Crippen molar-refractivity contribution in [3.05, 3.63) is 29.6 Å². The fourth-order valence-corrected chi connectivity index (χ4v) is 2.32. The smallest absolute Gasteiger partial charge is 0.405 e. The first-order valence-corrected chi connectivity index (χ1v) is 7.80. The van der Waals surface area contributed by atoms with Gasteiger partial charge in [-0.15, -0.1) is 35.1 Å². The summed E-state index contributed by atoms with van der Waals surface area (Å²) in [4.78, 5) is 4.57. The van der Waals surface area contributed by atoms with E-state index in [0.717, 1.165) is 0 Å². The van der Waals surface area contributed by atoms with Gasteiger partial charge < -0.3 is 16.2 Å². The zero-order valence-electron chi connectivity index (χ0n) is 12.8. The van der Waals surface area contributed by atoms with Crippen LogP contribution in [0.15, 0.2) is 28.8 Å². The van der Waals surface area contributed by atoms with Crippen molar-refractivity contribution in [2.45, 2.75) is 18.2 Å². The summed E-state index contributed by atoms with van der Waals surface area (Å²) in [5, 5.41) is 7.46. The van der Waals surface area contributed by atoms with Gasteiger partial charge in [-0.25, -0.2) is 4.98 Å². The van der Waals surface area contributed by atoms with Crippen LogP contribution in [0.2, 0.25) is 0 Å². The molecule has 0 amide bonds. The summed E-state index contributed by atoms with van der Waals surface area (Å²) in [6.45, 7) is 1.60. The van der Waals surface area contributed by atoms with Gasteiger partial charge in [0.2, 0.25) is 5.95 Å². The average molecular weight is 357 g/mol. The van der Waals surface area contributed by atoms with Crippen molar-refractivity contribution in [1.29, 1.82) is 0 Å². The Morgan fingerprint density at radius 2 is 2.00 bits per heavy atom. The zero-order valence-corrected chi connectivity index (χ0v) is 13.6. The van der Waals surface area contributed by atoms with Crippen LogP contribution in [0.4, 0.5) is 19.1 Å². The van der Waals surface area contributed by atoms with E-state index in [4.69, 9.17) is 11.5 Å². The SMILES string of the molecule is CSc1ccc(-c2nnc(N)nc2C=C(C)N)c(OC(F)(F)F)c1. The number of alkyl halides is 3. The molecule has 2 rings (SSSR count). The number of allylic oxidation sites excluding steroid dienone is 1. The van der Waals surface area contributed by atoms with Crippen LogP contribution in [-0.2, 0) is 0 Å². The number of hydrogen-bond acceptors (Lipinski definition) is 7. The number of rotatable bonds is 4.